The molecule has 0 spiro atoms. The summed E-state index contributed by atoms with van der Waals surface area (Å²) in [6.45, 7) is 8.60. The molecule has 0 aliphatic rings. The molecular formula is C22H31Cl2N5O5. The van der Waals surface area contributed by atoms with Crippen LogP contribution in [0.2, 0.25) is 10.0 Å². The quantitative estimate of drug-likeness (QED) is 0.266. The van der Waals surface area contributed by atoms with Crippen molar-refractivity contribution >= 4 is 53.0 Å². The van der Waals surface area contributed by atoms with Crippen LogP contribution in [0.5, 0.6) is 0 Å². The fraction of sp³-hybridized carbons (Fsp3) is 0.500. The molecule has 0 heterocycles. The minimum absolute atomic E-state index is 0.0413. The highest BCUT2D eigenvalue weighted by atomic mass is 35.5. The zero-order valence-corrected chi connectivity index (χ0v) is 21.3. The van der Waals surface area contributed by atoms with Gasteiger partial charge in [-0.25, -0.2) is 4.79 Å². The molecule has 0 saturated heterocycles. The first-order chi connectivity index (χ1) is 15.7. The fourth-order valence-electron chi connectivity index (χ4n) is 2.66. The van der Waals surface area contributed by atoms with Gasteiger partial charge in [-0.2, -0.15) is 0 Å². The van der Waals surface area contributed by atoms with E-state index in [0.717, 1.165) is 0 Å². The van der Waals surface area contributed by atoms with Gasteiger partial charge in [0.25, 0.3) is 0 Å². The summed E-state index contributed by atoms with van der Waals surface area (Å²) in [6, 6.07) is 3.96. The lowest BCUT2D eigenvalue weighted by atomic mass is 10.0. The number of nitrogens with one attached hydrogen (secondary N) is 5. The Kier molecular flexibility index (Phi) is 11.3. The second kappa shape index (κ2) is 13.1. The first kappa shape index (κ1) is 29.2. The number of ether oxygens (including phenoxy) is 1. The van der Waals surface area contributed by atoms with Crippen molar-refractivity contribution in [2.45, 2.75) is 59.1 Å². The van der Waals surface area contributed by atoms with Crippen molar-refractivity contribution in [2.75, 3.05) is 6.54 Å². The number of alkyl carbamates (subject to hydrolysis) is 1. The van der Waals surface area contributed by atoms with Crippen LogP contribution in [0, 0.1) is 11.3 Å². The van der Waals surface area contributed by atoms with Crippen molar-refractivity contribution < 1.29 is 23.9 Å². The molecule has 0 bridgehead atoms. The van der Waals surface area contributed by atoms with Crippen molar-refractivity contribution in [3.63, 3.8) is 0 Å². The summed E-state index contributed by atoms with van der Waals surface area (Å²) in [4.78, 5) is 48.5. The average molecular weight is 516 g/mol. The van der Waals surface area contributed by atoms with Crippen LogP contribution in [0.25, 0.3) is 0 Å². The number of hydrogen-bond donors (Lipinski definition) is 5. The van der Waals surface area contributed by atoms with E-state index in [1.807, 2.05) is 0 Å². The second-order valence-corrected chi connectivity index (χ2v) is 9.57. The molecule has 0 aliphatic carbocycles. The van der Waals surface area contributed by atoms with Gasteiger partial charge in [0.15, 0.2) is 0 Å². The molecule has 1 atom stereocenters. The largest absolute Gasteiger partial charge is 0.444 e. The van der Waals surface area contributed by atoms with Gasteiger partial charge < -0.3 is 15.4 Å². The summed E-state index contributed by atoms with van der Waals surface area (Å²) in [5, 5.41) is 17.9. The number of rotatable bonds is 8. The van der Waals surface area contributed by atoms with Crippen LogP contribution in [-0.4, -0.2) is 48.0 Å². The molecule has 0 aliphatic heterocycles. The van der Waals surface area contributed by atoms with Gasteiger partial charge in [-0.05, 0) is 44.4 Å². The van der Waals surface area contributed by atoms with Crippen molar-refractivity contribution in [2.24, 2.45) is 5.92 Å². The second-order valence-electron chi connectivity index (χ2n) is 8.76. The Morgan fingerprint density at radius 1 is 1.03 bits per heavy atom. The van der Waals surface area contributed by atoms with Gasteiger partial charge in [-0.15, -0.1) is 0 Å². The third kappa shape index (κ3) is 10.8. The molecule has 10 nitrogen and oxygen atoms in total. The summed E-state index contributed by atoms with van der Waals surface area (Å²) in [5.41, 5.74) is -0.301. The van der Waals surface area contributed by atoms with E-state index in [1.165, 1.54) is 0 Å². The SMILES string of the molecule is CC(C)[C@H](NC(=O)OC(C)(C)C)C(=O)NCCC(=O)NC(=N)NC(=O)Cc1c(Cl)cccc1Cl. The van der Waals surface area contributed by atoms with Crippen LogP contribution < -0.4 is 21.3 Å². The Balaban J connectivity index is 2.46. The maximum absolute atomic E-state index is 12.4. The van der Waals surface area contributed by atoms with Crippen LogP contribution in [0.15, 0.2) is 18.2 Å². The van der Waals surface area contributed by atoms with Crippen molar-refractivity contribution in [3.05, 3.63) is 33.8 Å². The predicted octanol–water partition coefficient (Wildman–Crippen LogP) is 2.76. The molecule has 0 fully saturated rings. The molecule has 0 unspecified atom stereocenters. The lowest BCUT2D eigenvalue weighted by Crippen LogP contribution is -2.51. The number of hydrogen-bond acceptors (Lipinski definition) is 6. The molecule has 188 valence electrons. The summed E-state index contributed by atoms with van der Waals surface area (Å²) in [5.74, 6) is -2.40. The van der Waals surface area contributed by atoms with E-state index < -0.39 is 41.4 Å². The van der Waals surface area contributed by atoms with Crippen molar-refractivity contribution in [1.29, 1.82) is 5.41 Å². The van der Waals surface area contributed by atoms with Gasteiger partial charge in [-0.3, -0.25) is 30.4 Å². The topological polar surface area (TPSA) is 149 Å². The van der Waals surface area contributed by atoms with Crippen LogP contribution in [-0.2, 0) is 25.5 Å². The lowest BCUT2D eigenvalue weighted by molar-refractivity contribution is -0.124. The van der Waals surface area contributed by atoms with Crippen LogP contribution in [0.1, 0.15) is 46.6 Å². The first-order valence-electron chi connectivity index (χ1n) is 10.6. The van der Waals surface area contributed by atoms with Gasteiger partial charge in [0, 0.05) is 23.0 Å². The third-order valence-electron chi connectivity index (χ3n) is 4.20. The van der Waals surface area contributed by atoms with E-state index in [-0.39, 0.29) is 25.3 Å². The van der Waals surface area contributed by atoms with Crippen molar-refractivity contribution in [3.8, 4) is 0 Å². The Hall–Kier alpha value is -2.85. The highest BCUT2D eigenvalue weighted by Crippen LogP contribution is 2.24. The van der Waals surface area contributed by atoms with Crippen LogP contribution in [0.3, 0.4) is 0 Å². The van der Waals surface area contributed by atoms with Gasteiger partial charge in [0.1, 0.15) is 11.6 Å². The van der Waals surface area contributed by atoms with Gasteiger partial charge in [0.2, 0.25) is 23.7 Å². The Bertz CT molecular complexity index is 911. The summed E-state index contributed by atoms with van der Waals surface area (Å²) < 4.78 is 5.17. The molecule has 1 rings (SSSR count). The Morgan fingerprint density at radius 3 is 2.12 bits per heavy atom. The van der Waals surface area contributed by atoms with Crippen LogP contribution >= 0.6 is 23.2 Å². The van der Waals surface area contributed by atoms with E-state index in [0.29, 0.717) is 15.6 Å². The normalized spacial score (nSPS) is 11.9. The smallest absolute Gasteiger partial charge is 0.408 e. The van der Waals surface area contributed by atoms with E-state index in [9.17, 15) is 19.2 Å². The monoisotopic (exact) mass is 515 g/mol. The molecule has 1 aromatic carbocycles. The molecule has 5 N–H and O–H groups in total. The molecular weight excluding hydrogens is 485 g/mol. The molecule has 1 aromatic rings. The highest BCUT2D eigenvalue weighted by Gasteiger charge is 2.26. The van der Waals surface area contributed by atoms with Gasteiger partial charge >= 0.3 is 6.09 Å². The number of carbonyl (C=O) groups excluding carboxylic acids is 4. The van der Waals surface area contributed by atoms with Crippen molar-refractivity contribution in [1.82, 2.24) is 21.3 Å². The maximum atomic E-state index is 12.4. The molecule has 0 aromatic heterocycles. The van der Waals surface area contributed by atoms with E-state index in [4.69, 9.17) is 33.3 Å². The fourth-order valence-corrected chi connectivity index (χ4v) is 3.19. The highest BCUT2D eigenvalue weighted by molar-refractivity contribution is 6.36. The third-order valence-corrected chi connectivity index (χ3v) is 4.91. The van der Waals surface area contributed by atoms with Gasteiger partial charge in [0.05, 0.1) is 6.42 Å². The zero-order chi connectivity index (χ0) is 26.1. The maximum Gasteiger partial charge on any atom is 0.408 e. The summed E-state index contributed by atoms with van der Waals surface area (Å²) in [7, 11) is 0. The predicted molar refractivity (Wildman–Crippen MR) is 130 cm³/mol. The molecule has 0 saturated carbocycles. The molecule has 0 radical (unpaired) electrons. The van der Waals surface area contributed by atoms with Crippen LogP contribution in [0.4, 0.5) is 4.79 Å². The zero-order valence-electron chi connectivity index (χ0n) is 19.8. The van der Waals surface area contributed by atoms with Gasteiger partial charge in [-0.1, -0.05) is 43.1 Å². The Morgan fingerprint density at radius 2 is 1.59 bits per heavy atom. The summed E-state index contributed by atoms with van der Waals surface area (Å²) in [6.07, 6.45) is -1.05. The Labute approximate surface area is 209 Å². The number of amides is 4. The number of benzene rings is 1. The molecule has 12 heteroatoms. The van der Waals surface area contributed by atoms with E-state index >= 15 is 0 Å². The van der Waals surface area contributed by atoms with E-state index in [1.54, 1.807) is 52.8 Å². The molecule has 34 heavy (non-hydrogen) atoms. The number of carbonyl (C=O) groups is 4. The number of halogens is 2. The first-order valence-corrected chi connectivity index (χ1v) is 11.3. The molecule has 4 amide bonds. The minimum Gasteiger partial charge on any atom is -0.444 e. The van der Waals surface area contributed by atoms with E-state index in [2.05, 4.69) is 21.3 Å². The number of guanidine groups is 1. The average Bonchev–Trinajstić information content (AvgIpc) is 2.67. The lowest BCUT2D eigenvalue weighted by Gasteiger charge is -2.25. The standard InChI is InChI=1S/C22H31Cl2N5O5/c1-12(2)18(29-21(33)34-22(3,4)5)19(32)26-10-9-16(30)27-20(25)28-17(31)11-13-14(23)7-6-8-15(13)24/h6-8,12,18H,9-11H2,1-5H3,(H,26,32)(H,29,33)(H3,25,27,28,30,31)/t18-/m0/s1. The minimum atomic E-state index is -0.855. The summed E-state index contributed by atoms with van der Waals surface area (Å²) >= 11 is 12.0.